The van der Waals surface area contributed by atoms with Crippen LogP contribution in [0.25, 0.3) is 0 Å². The van der Waals surface area contributed by atoms with Crippen molar-refractivity contribution in [1.29, 1.82) is 0 Å². The van der Waals surface area contributed by atoms with Gasteiger partial charge in [-0.05, 0) is 19.8 Å². The van der Waals surface area contributed by atoms with Crippen LogP contribution in [0.2, 0.25) is 0 Å². The number of carbonyl (C=O) groups excluding carboxylic acids is 2. The third kappa shape index (κ3) is 3.78. The number of unbranched alkanes of at least 4 members (excludes halogenated alkanes) is 3. The van der Waals surface area contributed by atoms with Gasteiger partial charge in [-0.15, -0.1) is 0 Å². The van der Waals surface area contributed by atoms with Crippen LogP contribution in [-0.2, 0) is 9.59 Å². The van der Waals surface area contributed by atoms with Crippen LogP contribution in [0.4, 0.5) is 0 Å². The van der Waals surface area contributed by atoms with Crippen LogP contribution in [0.5, 0.6) is 0 Å². The zero-order valence-electron chi connectivity index (χ0n) is 12.6. The number of hydrogen-bond acceptors (Lipinski definition) is 3. The van der Waals surface area contributed by atoms with Gasteiger partial charge in [0, 0.05) is 5.54 Å². The Balaban J connectivity index is 2.74. The van der Waals surface area contributed by atoms with Gasteiger partial charge in [0.15, 0.2) is 0 Å². The molecule has 1 fully saturated rings. The highest BCUT2D eigenvalue weighted by Crippen LogP contribution is 2.32. The lowest BCUT2D eigenvalue weighted by atomic mass is 9.87. The zero-order valence-corrected chi connectivity index (χ0v) is 12.6. The summed E-state index contributed by atoms with van der Waals surface area (Å²) in [6.45, 7) is 6.31. The van der Waals surface area contributed by atoms with Crippen LogP contribution >= 0.6 is 0 Å². The minimum atomic E-state index is -0.626. The summed E-state index contributed by atoms with van der Waals surface area (Å²) < 4.78 is 0. The number of amides is 2. The largest absolute Gasteiger partial charge is 0.319 e. The van der Waals surface area contributed by atoms with E-state index in [0.717, 1.165) is 32.1 Å². The van der Waals surface area contributed by atoms with Crippen LogP contribution in [0.1, 0.15) is 72.1 Å². The van der Waals surface area contributed by atoms with Crippen LogP contribution in [0.3, 0.4) is 0 Å². The van der Waals surface area contributed by atoms with Gasteiger partial charge in [-0.3, -0.25) is 14.5 Å². The van der Waals surface area contributed by atoms with Crippen molar-refractivity contribution in [3.8, 4) is 0 Å². The van der Waals surface area contributed by atoms with Crippen LogP contribution in [-0.4, -0.2) is 28.3 Å². The van der Waals surface area contributed by atoms with E-state index < -0.39 is 6.04 Å². The molecule has 2 N–H and O–H groups in total. The molecule has 1 rings (SSSR count). The Morgan fingerprint density at radius 2 is 1.84 bits per heavy atom. The predicted octanol–water partition coefficient (Wildman–Crippen LogP) is 2.60. The van der Waals surface area contributed by atoms with Crippen LogP contribution in [0.15, 0.2) is 0 Å². The summed E-state index contributed by atoms with van der Waals surface area (Å²) in [6, 6.07) is -0.626. The van der Waals surface area contributed by atoms with Gasteiger partial charge >= 0.3 is 0 Å². The number of likely N-dealkylation sites (tertiary alicyclic amines) is 1. The third-order valence-corrected chi connectivity index (χ3v) is 4.08. The Labute approximate surface area is 116 Å². The van der Waals surface area contributed by atoms with Crippen LogP contribution in [0, 0.1) is 0 Å². The summed E-state index contributed by atoms with van der Waals surface area (Å²) in [4.78, 5) is 25.6. The Hall–Kier alpha value is -0.900. The maximum Gasteiger partial charge on any atom is 0.247 e. The minimum absolute atomic E-state index is 0.0936. The van der Waals surface area contributed by atoms with E-state index in [4.69, 9.17) is 5.73 Å². The van der Waals surface area contributed by atoms with E-state index in [1.165, 1.54) is 17.7 Å². The highest BCUT2D eigenvalue weighted by atomic mass is 16.2. The molecule has 0 bridgehead atoms. The van der Waals surface area contributed by atoms with Gasteiger partial charge in [-0.25, -0.2) is 0 Å². The van der Waals surface area contributed by atoms with E-state index in [0.29, 0.717) is 0 Å². The van der Waals surface area contributed by atoms with Gasteiger partial charge in [-0.2, -0.15) is 0 Å². The number of rotatable bonds is 8. The highest BCUT2D eigenvalue weighted by Gasteiger charge is 2.45. The second-order valence-corrected chi connectivity index (χ2v) is 5.94. The topological polar surface area (TPSA) is 63.4 Å². The molecule has 1 saturated heterocycles. The van der Waals surface area contributed by atoms with Crippen molar-refractivity contribution in [2.24, 2.45) is 5.73 Å². The fourth-order valence-electron chi connectivity index (χ4n) is 3.04. The molecule has 110 valence electrons. The molecule has 4 nitrogen and oxygen atoms in total. The number of nitrogens with zero attached hydrogens (tertiary/aromatic N) is 1. The highest BCUT2D eigenvalue weighted by molar-refractivity contribution is 6.06. The molecule has 1 heterocycles. The van der Waals surface area contributed by atoms with E-state index in [9.17, 15) is 9.59 Å². The first-order valence-corrected chi connectivity index (χ1v) is 7.58. The summed E-state index contributed by atoms with van der Waals surface area (Å²) in [7, 11) is 0. The average Bonchev–Trinajstić information content (AvgIpc) is 2.60. The molecule has 2 atom stereocenters. The second kappa shape index (κ2) is 7.04. The number of hydrogen-bond donors (Lipinski definition) is 1. The predicted molar refractivity (Wildman–Crippen MR) is 76.5 cm³/mol. The summed E-state index contributed by atoms with van der Waals surface area (Å²) >= 11 is 0. The van der Waals surface area contributed by atoms with E-state index in [1.807, 2.05) is 6.92 Å². The molecule has 0 spiro atoms. The van der Waals surface area contributed by atoms with E-state index in [2.05, 4.69) is 13.8 Å². The molecule has 0 aromatic heterocycles. The Morgan fingerprint density at radius 1 is 1.16 bits per heavy atom. The SMILES string of the molecule is CCCCCCC(C)(CCC)N1C(=O)CC(N)C1=O. The second-order valence-electron chi connectivity index (χ2n) is 5.94. The zero-order chi connectivity index (χ0) is 14.5. The summed E-state index contributed by atoms with van der Waals surface area (Å²) in [6.07, 6.45) is 7.54. The van der Waals surface area contributed by atoms with Gasteiger partial charge in [-0.1, -0.05) is 46.0 Å². The van der Waals surface area contributed by atoms with Crippen molar-refractivity contribution in [2.75, 3.05) is 0 Å². The molecule has 4 heteroatoms. The normalized spacial score (nSPS) is 22.9. The Kier molecular flexibility index (Phi) is 5.98. The average molecular weight is 268 g/mol. The molecule has 0 radical (unpaired) electrons. The van der Waals surface area contributed by atoms with Gasteiger partial charge in [0.1, 0.15) is 0 Å². The van der Waals surface area contributed by atoms with Crippen molar-refractivity contribution in [1.82, 2.24) is 4.90 Å². The van der Waals surface area contributed by atoms with E-state index in [-0.39, 0.29) is 23.8 Å². The molecule has 19 heavy (non-hydrogen) atoms. The molecule has 1 aliphatic rings. The summed E-state index contributed by atoms with van der Waals surface area (Å²) in [5.41, 5.74) is 5.37. The maximum atomic E-state index is 12.1. The Bertz CT molecular complexity index is 330. The van der Waals surface area contributed by atoms with Gasteiger partial charge in [0.2, 0.25) is 11.8 Å². The molecule has 0 aromatic rings. The molecule has 2 unspecified atom stereocenters. The van der Waals surface area contributed by atoms with E-state index in [1.54, 1.807) is 0 Å². The smallest absolute Gasteiger partial charge is 0.247 e. The van der Waals surface area contributed by atoms with Crippen molar-refractivity contribution in [2.45, 2.75) is 83.7 Å². The fourth-order valence-corrected chi connectivity index (χ4v) is 3.04. The number of nitrogens with two attached hydrogens (primary N) is 1. The van der Waals surface area contributed by atoms with Crippen molar-refractivity contribution in [3.63, 3.8) is 0 Å². The minimum Gasteiger partial charge on any atom is -0.319 e. The van der Waals surface area contributed by atoms with Crippen LogP contribution < -0.4 is 5.73 Å². The molecular weight excluding hydrogens is 240 g/mol. The van der Waals surface area contributed by atoms with Gasteiger partial charge in [0.25, 0.3) is 0 Å². The molecule has 1 aliphatic heterocycles. The third-order valence-electron chi connectivity index (χ3n) is 4.08. The monoisotopic (exact) mass is 268 g/mol. The molecule has 0 aliphatic carbocycles. The lowest BCUT2D eigenvalue weighted by molar-refractivity contribution is -0.146. The lowest BCUT2D eigenvalue weighted by Gasteiger charge is -2.38. The Morgan fingerprint density at radius 3 is 2.32 bits per heavy atom. The molecule has 0 aromatic carbocycles. The first-order chi connectivity index (χ1) is 8.96. The van der Waals surface area contributed by atoms with Gasteiger partial charge < -0.3 is 5.73 Å². The van der Waals surface area contributed by atoms with E-state index >= 15 is 0 Å². The number of imide groups is 1. The maximum absolute atomic E-state index is 12.1. The molecule has 2 amide bonds. The van der Waals surface area contributed by atoms with Crippen molar-refractivity contribution < 1.29 is 9.59 Å². The molecule has 0 saturated carbocycles. The summed E-state index contributed by atoms with van der Waals surface area (Å²) in [5, 5.41) is 0. The fraction of sp³-hybridized carbons (Fsp3) is 0.867. The van der Waals surface area contributed by atoms with Crippen molar-refractivity contribution in [3.05, 3.63) is 0 Å². The van der Waals surface area contributed by atoms with Crippen molar-refractivity contribution >= 4 is 11.8 Å². The first kappa shape index (κ1) is 16.2. The number of carbonyl (C=O) groups is 2. The van der Waals surface area contributed by atoms with Gasteiger partial charge in [0.05, 0.1) is 12.5 Å². The first-order valence-electron chi connectivity index (χ1n) is 7.58. The summed E-state index contributed by atoms with van der Waals surface area (Å²) in [5.74, 6) is -0.277. The lowest BCUT2D eigenvalue weighted by Crippen LogP contribution is -2.51. The quantitative estimate of drug-likeness (QED) is 0.543. The standard InChI is InChI=1S/C15H28N2O2/c1-4-6-7-8-10-15(3,9-5-2)17-13(18)11-12(16)14(17)19/h12H,4-11,16H2,1-3H3. The molecular formula is C15H28N2O2.